The van der Waals surface area contributed by atoms with E-state index in [-0.39, 0.29) is 39.2 Å². The van der Waals surface area contributed by atoms with Crippen molar-refractivity contribution in [3.8, 4) is 11.1 Å². The molecule has 0 aromatic heterocycles. The van der Waals surface area contributed by atoms with E-state index in [9.17, 15) is 0 Å². The fraction of sp³-hybridized carbons (Fsp3) is 0.354. The van der Waals surface area contributed by atoms with E-state index in [0.29, 0.717) is 0 Å². The normalized spacial score (nSPS) is 17.9. The van der Waals surface area contributed by atoms with Crippen LogP contribution in [0.4, 0.5) is 34.1 Å². The van der Waals surface area contributed by atoms with Crippen LogP contribution in [0.1, 0.15) is 153 Å². The Balaban J connectivity index is 1.27. The van der Waals surface area contributed by atoms with E-state index in [0.717, 1.165) is 12.8 Å². The summed E-state index contributed by atoms with van der Waals surface area (Å²) in [5.41, 5.74) is 26.8. The van der Waals surface area contributed by atoms with E-state index in [1.807, 2.05) is 0 Å². The summed E-state index contributed by atoms with van der Waals surface area (Å²) < 4.78 is 0. The maximum Gasteiger partial charge on any atom is 0.252 e. The van der Waals surface area contributed by atoms with Crippen LogP contribution in [0.25, 0.3) is 11.1 Å². The van der Waals surface area contributed by atoms with E-state index in [1.54, 1.807) is 0 Å². The van der Waals surface area contributed by atoms with E-state index < -0.39 is 0 Å². The maximum atomic E-state index is 2.69. The number of aryl methyl sites for hydroxylation is 2. The Kier molecular flexibility index (Phi) is 9.61. The average Bonchev–Trinajstić information content (AvgIpc) is 3.58. The smallest absolute Gasteiger partial charge is 0.252 e. The third-order valence-corrected chi connectivity index (χ3v) is 17.0. The molecule has 2 heterocycles. The van der Waals surface area contributed by atoms with Gasteiger partial charge in [0, 0.05) is 39.4 Å². The molecule has 0 amide bonds. The Morgan fingerprint density at radius 2 is 0.912 bits per heavy atom. The third kappa shape index (κ3) is 6.65. The van der Waals surface area contributed by atoms with Gasteiger partial charge in [-0.1, -0.05) is 181 Å². The van der Waals surface area contributed by atoms with Gasteiger partial charge in [0.1, 0.15) is 0 Å². The SMILES string of the molecule is Cc1cc2c3c(c1)N(c1ccc(C(C)(C)C)cc1-c1ccccc1)c1cc4c(cc1B3c1cc(C(C)(C)c3ccccc3)ccc1N2c1cc2c(cc1C)C(C)(C)CC2(C)C)C(C)(C)CC4(C)C. The molecule has 0 N–H and O–H groups in total. The topological polar surface area (TPSA) is 6.48 Å². The first kappa shape index (κ1) is 44.7. The monoisotopic (exact) mass is 891 g/mol. The van der Waals surface area contributed by atoms with Crippen LogP contribution in [0.2, 0.25) is 0 Å². The Bertz CT molecular complexity index is 3210. The molecule has 0 unspecified atom stereocenters. The number of benzene rings is 7. The molecule has 344 valence electrons. The summed E-state index contributed by atoms with van der Waals surface area (Å²) in [6.45, 7) is 36.2. The summed E-state index contributed by atoms with van der Waals surface area (Å²) in [5.74, 6) is 0. The van der Waals surface area contributed by atoms with Crippen molar-refractivity contribution < 1.29 is 0 Å². The minimum absolute atomic E-state index is 0.00793. The lowest BCUT2D eigenvalue weighted by Gasteiger charge is -2.46. The van der Waals surface area contributed by atoms with Crippen LogP contribution >= 0.6 is 0 Å². The Morgan fingerprint density at radius 3 is 1.50 bits per heavy atom. The average molecular weight is 891 g/mol. The third-order valence-electron chi connectivity index (χ3n) is 17.0. The van der Waals surface area contributed by atoms with Crippen molar-refractivity contribution in [1.29, 1.82) is 0 Å². The van der Waals surface area contributed by atoms with Gasteiger partial charge in [-0.25, -0.2) is 0 Å². The van der Waals surface area contributed by atoms with Gasteiger partial charge in [-0.05, 0) is 168 Å². The highest BCUT2D eigenvalue weighted by Crippen LogP contribution is 2.56. The molecule has 2 nitrogen and oxygen atoms in total. The molecule has 4 aliphatic rings. The number of fused-ring (bicyclic) bond motifs is 6. The zero-order valence-electron chi connectivity index (χ0n) is 43.6. The molecule has 7 aromatic carbocycles. The largest absolute Gasteiger partial charge is 0.311 e. The van der Waals surface area contributed by atoms with E-state index >= 15 is 0 Å². The Labute approximate surface area is 408 Å². The van der Waals surface area contributed by atoms with Gasteiger partial charge in [-0.3, -0.25) is 0 Å². The summed E-state index contributed by atoms with van der Waals surface area (Å²) in [7, 11) is 0. The maximum absolute atomic E-state index is 2.69. The fourth-order valence-corrected chi connectivity index (χ4v) is 13.9. The number of hydrogen-bond donors (Lipinski definition) is 0. The minimum Gasteiger partial charge on any atom is -0.311 e. The second-order valence-electron chi connectivity index (χ2n) is 25.5. The van der Waals surface area contributed by atoms with Gasteiger partial charge in [0.2, 0.25) is 0 Å². The number of nitrogens with zero attached hydrogens (tertiary/aromatic N) is 2. The summed E-state index contributed by atoms with van der Waals surface area (Å²) in [6, 6.07) is 52.5. The number of hydrogen-bond acceptors (Lipinski definition) is 2. The van der Waals surface area contributed by atoms with Gasteiger partial charge >= 0.3 is 0 Å². The number of rotatable bonds is 5. The lowest BCUT2D eigenvalue weighted by molar-refractivity contribution is 0.402. The van der Waals surface area contributed by atoms with Crippen LogP contribution in [0.5, 0.6) is 0 Å². The first-order valence-electron chi connectivity index (χ1n) is 25.4. The van der Waals surface area contributed by atoms with Crippen molar-refractivity contribution in [1.82, 2.24) is 0 Å². The van der Waals surface area contributed by atoms with Crippen molar-refractivity contribution in [2.24, 2.45) is 0 Å². The molecule has 0 fully saturated rings. The molecular weight excluding hydrogens is 820 g/mol. The van der Waals surface area contributed by atoms with Gasteiger partial charge in [0.05, 0.1) is 5.69 Å². The summed E-state index contributed by atoms with van der Waals surface area (Å²) >= 11 is 0. The molecule has 2 aliphatic carbocycles. The zero-order chi connectivity index (χ0) is 48.2. The van der Waals surface area contributed by atoms with E-state index in [2.05, 4.69) is 247 Å². The molecule has 0 radical (unpaired) electrons. The van der Waals surface area contributed by atoms with Gasteiger partial charge in [0.15, 0.2) is 0 Å². The van der Waals surface area contributed by atoms with Crippen molar-refractivity contribution in [3.05, 3.63) is 184 Å². The van der Waals surface area contributed by atoms with Gasteiger partial charge < -0.3 is 9.80 Å². The number of anilines is 6. The molecule has 0 saturated carbocycles. The molecule has 0 saturated heterocycles. The summed E-state index contributed by atoms with van der Waals surface area (Å²) in [4.78, 5) is 5.37. The van der Waals surface area contributed by atoms with Crippen LogP contribution in [0.3, 0.4) is 0 Å². The van der Waals surface area contributed by atoms with Crippen molar-refractivity contribution in [2.45, 2.75) is 149 Å². The molecule has 3 heteroatoms. The lowest BCUT2D eigenvalue weighted by Crippen LogP contribution is -2.62. The predicted molar refractivity (Wildman–Crippen MR) is 294 cm³/mol. The molecule has 7 aromatic rings. The van der Waals surface area contributed by atoms with Crippen LogP contribution in [-0.4, -0.2) is 6.71 Å². The van der Waals surface area contributed by atoms with Crippen LogP contribution in [0.15, 0.2) is 133 Å². The van der Waals surface area contributed by atoms with Crippen LogP contribution in [-0.2, 0) is 32.5 Å². The second-order valence-corrected chi connectivity index (χ2v) is 25.5. The highest BCUT2D eigenvalue weighted by Gasteiger charge is 2.49. The minimum atomic E-state index is -0.219. The highest BCUT2D eigenvalue weighted by atomic mass is 15.2. The molecule has 68 heavy (non-hydrogen) atoms. The van der Waals surface area contributed by atoms with Gasteiger partial charge in [-0.15, -0.1) is 0 Å². The zero-order valence-corrected chi connectivity index (χ0v) is 43.6. The van der Waals surface area contributed by atoms with Crippen LogP contribution < -0.4 is 26.2 Å². The molecule has 0 bridgehead atoms. The second kappa shape index (κ2) is 14.6. The van der Waals surface area contributed by atoms with Gasteiger partial charge in [0.25, 0.3) is 6.71 Å². The standard InChI is InChI=1S/C65H71BN2/c1-40-30-57-59-58(31-40)68(55-36-49-47(32-41(55)2)61(6,7)38-63(49,10)11)54-29-27-45(65(14,15)43-24-20-17-21-25-43)34-51(54)66(59)52-35-48-50(64(12,13)39-62(48,8)9)37-56(52)67(57)53-28-26-44(60(3,4)5)33-46(53)42-22-18-16-19-23-42/h16-37H,38-39H2,1-15H3. The van der Waals surface area contributed by atoms with E-state index in [4.69, 9.17) is 0 Å². The van der Waals surface area contributed by atoms with Gasteiger partial charge in [-0.2, -0.15) is 0 Å². The van der Waals surface area contributed by atoms with Crippen LogP contribution in [0, 0.1) is 13.8 Å². The quantitative estimate of drug-likeness (QED) is 0.159. The molecular formula is C65H71BN2. The van der Waals surface area contributed by atoms with Crippen molar-refractivity contribution >= 4 is 57.2 Å². The molecule has 0 atom stereocenters. The summed E-state index contributed by atoms with van der Waals surface area (Å²) in [6.07, 6.45) is 2.25. The van der Waals surface area contributed by atoms with Crippen molar-refractivity contribution in [2.75, 3.05) is 9.80 Å². The summed E-state index contributed by atoms with van der Waals surface area (Å²) in [5, 5.41) is 0. The first-order chi connectivity index (χ1) is 31.9. The lowest BCUT2D eigenvalue weighted by atomic mass is 9.33. The van der Waals surface area contributed by atoms with E-state index in [1.165, 1.54) is 112 Å². The highest BCUT2D eigenvalue weighted by molar-refractivity contribution is 7.00. The molecule has 2 aliphatic heterocycles. The molecule has 0 spiro atoms. The Morgan fingerprint density at radius 1 is 0.426 bits per heavy atom. The predicted octanol–water partition coefficient (Wildman–Crippen LogP) is 15.6. The Hall–Kier alpha value is -5.80. The first-order valence-corrected chi connectivity index (χ1v) is 25.4. The fourth-order valence-electron chi connectivity index (χ4n) is 13.9. The molecule has 11 rings (SSSR count). The van der Waals surface area contributed by atoms with Crippen molar-refractivity contribution in [3.63, 3.8) is 0 Å².